The monoisotopic (exact) mass is 272 g/mol. The molecule has 20 heavy (non-hydrogen) atoms. The smallest absolute Gasteiger partial charge is 0.315 e. The maximum Gasteiger partial charge on any atom is 0.315 e. The summed E-state index contributed by atoms with van der Waals surface area (Å²) in [5, 5.41) is 6.17. The van der Waals surface area contributed by atoms with Crippen molar-refractivity contribution < 1.29 is 4.79 Å². The summed E-state index contributed by atoms with van der Waals surface area (Å²) in [5.41, 5.74) is 2.86. The summed E-state index contributed by atoms with van der Waals surface area (Å²) in [6.07, 6.45) is 7.13. The molecule has 3 heteroatoms. The van der Waals surface area contributed by atoms with Crippen molar-refractivity contribution in [2.75, 3.05) is 6.54 Å². The molecule has 108 valence electrons. The van der Waals surface area contributed by atoms with Gasteiger partial charge in [0, 0.05) is 18.0 Å². The van der Waals surface area contributed by atoms with Crippen molar-refractivity contribution in [2.24, 2.45) is 0 Å². The molecule has 0 aliphatic heterocycles. The van der Waals surface area contributed by atoms with E-state index < -0.39 is 0 Å². The Labute approximate surface area is 121 Å². The highest BCUT2D eigenvalue weighted by Gasteiger charge is 2.44. The van der Waals surface area contributed by atoms with E-state index in [1.54, 1.807) is 0 Å². The number of urea groups is 1. The van der Waals surface area contributed by atoms with E-state index in [4.69, 9.17) is 0 Å². The first-order chi connectivity index (χ1) is 9.68. The second-order valence-electron chi connectivity index (χ2n) is 6.46. The lowest BCUT2D eigenvalue weighted by Gasteiger charge is -2.19. The molecule has 2 amide bonds. The second-order valence-corrected chi connectivity index (χ2v) is 6.46. The van der Waals surface area contributed by atoms with E-state index in [1.165, 1.54) is 36.8 Å². The number of benzene rings is 1. The lowest BCUT2D eigenvalue weighted by atomic mass is 9.94. The molecule has 1 aromatic carbocycles. The second kappa shape index (κ2) is 5.47. The third-order valence-electron chi connectivity index (χ3n) is 4.76. The number of hydrogen-bond acceptors (Lipinski definition) is 1. The van der Waals surface area contributed by atoms with Crippen LogP contribution >= 0.6 is 0 Å². The van der Waals surface area contributed by atoms with E-state index in [0.29, 0.717) is 6.04 Å². The first kappa shape index (κ1) is 13.5. The highest BCUT2D eigenvalue weighted by molar-refractivity contribution is 5.74. The van der Waals surface area contributed by atoms with Gasteiger partial charge >= 0.3 is 6.03 Å². The Balaban J connectivity index is 1.53. The molecule has 2 aliphatic carbocycles. The maximum atomic E-state index is 11.9. The van der Waals surface area contributed by atoms with E-state index >= 15 is 0 Å². The zero-order chi connectivity index (χ0) is 14.0. The fraction of sp³-hybridized carbons (Fsp3) is 0.588. The molecule has 2 aliphatic rings. The van der Waals surface area contributed by atoms with Gasteiger partial charge in [-0.05, 0) is 38.2 Å². The number of amides is 2. The van der Waals surface area contributed by atoms with Crippen LogP contribution < -0.4 is 10.6 Å². The van der Waals surface area contributed by atoms with Crippen molar-refractivity contribution >= 4 is 6.03 Å². The summed E-state index contributed by atoms with van der Waals surface area (Å²) in [7, 11) is 0. The quantitative estimate of drug-likeness (QED) is 0.868. The van der Waals surface area contributed by atoms with Gasteiger partial charge < -0.3 is 10.6 Å². The fourth-order valence-corrected chi connectivity index (χ4v) is 3.25. The lowest BCUT2D eigenvalue weighted by molar-refractivity contribution is 0.236. The van der Waals surface area contributed by atoms with Gasteiger partial charge in [-0.3, -0.25) is 0 Å². The van der Waals surface area contributed by atoms with E-state index in [-0.39, 0.29) is 11.4 Å². The summed E-state index contributed by atoms with van der Waals surface area (Å²) >= 11 is 0. The SMILES string of the molecule is Cc1cccc(C2(CNC(=O)NC3CCCC3)CC2)c1. The van der Waals surface area contributed by atoms with Crippen LogP contribution in [0.5, 0.6) is 0 Å². The number of carbonyl (C=O) groups is 1. The van der Waals surface area contributed by atoms with Gasteiger partial charge in [0.1, 0.15) is 0 Å². The van der Waals surface area contributed by atoms with Gasteiger partial charge in [-0.15, -0.1) is 0 Å². The number of carbonyl (C=O) groups excluding carboxylic acids is 1. The van der Waals surface area contributed by atoms with Gasteiger partial charge in [0.2, 0.25) is 0 Å². The molecule has 2 saturated carbocycles. The van der Waals surface area contributed by atoms with Gasteiger partial charge in [0.15, 0.2) is 0 Å². The molecule has 1 aromatic rings. The predicted octanol–water partition coefficient (Wildman–Crippen LogP) is 3.27. The summed E-state index contributed by atoms with van der Waals surface area (Å²) < 4.78 is 0. The molecule has 2 N–H and O–H groups in total. The summed E-state index contributed by atoms with van der Waals surface area (Å²) in [4.78, 5) is 11.9. The number of hydrogen-bond donors (Lipinski definition) is 2. The van der Waals surface area contributed by atoms with Crippen LogP contribution in [0.4, 0.5) is 4.79 Å². The van der Waals surface area contributed by atoms with Gasteiger partial charge in [0.05, 0.1) is 0 Å². The van der Waals surface area contributed by atoms with Crippen molar-refractivity contribution in [3.63, 3.8) is 0 Å². The van der Waals surface area contributed by atoms with Crippen LogP contribution in [0.3, 0.4) is 0 Å². The van der Waals surface area contributed by atoms with Crippen molar-refractivity contribution in [1.29, 1.82) is 0 Å². The Morgan fingerprint density at radius 2 is 2.05 bits per heavy atom. The van der Waals surface area contributed by atoms with Crippen LogP contribution in [0, 0.1) is 6.92 Å². The van der Waals surface area contributed by atoms with Gasteiger partial charge in [-0.25, -0.2) is 4.79 Å². The molecule has 0 spiro atoms. The zero-order valence-electron chi connectivity index (χ0n) is 12.2. The fourth-order valence-electron chi connectivity index (χ4n) is 3.25. The molecule has 0 atom stereocenters. The lowest BCUT2D eigenvalue weighted by Crippen LogP contribution is -2.43. The topological polar surface area (TPSA) is 41.1 Å². The Kier molecular flexibility index (Phi) is 3.68. The molecule has 0 bridgehead atoms. The number of nitrogens with one attached hydrogen (secondary N) is 2. The average Bonchev–Trinajstić information content (AvgIpc) is 3.07. The van der Waals surface area contributed by atoms with Crippen LogP contribution in [-0.4, -0.2) is 18.6 Å². The van der Waals surface area contributed by atoms with Crippen LogP contribution in [0.15, 0.2) is 24.3 Å². The first-order valence-electron chi connectivity index (χ1n) is 7.79. The number of aryl methyl sites for hydroxylation is 1. The molecular formula is C17H24N2O. The van der Waals surface area contributed by atoms with Crippen LogP contribution in [0.25, 0.3) is 0 Å². The largest absolute Gasteiger partial charge is 0.337 e. The molecule has 0 aromatic heterocycles. The molecule has 2 fully saturated rings. The Hall–Kier alpha value is -1.51. The van der Waals surface area contributed by atoms with Gasteiger partial charge in [0.25, 0.3) is 0 Å². The zero-order valence-corrected chi connectivity index (χ0v) is 12.2. The normalized spacial score (nSPS) is 20.6. The molecule has 0 radical (unpaired) electrons. The van der Waals surface area contributed by atoms with E-state index in [0.717, 1.165) is 19.4 Å². The van der Waals surface area contributed by atoms with Gasteiger partial charge in [-0.1, -0.05) is 42.7 Å². The molecule has 3 rings (SSSR count). The minimum atomic E-state index is 0.0100. The Morgan fingerprint density at radius 1 is 1.30 bits per heavy atom. The van der Waals surface area contributed by atoms with Crippen molar-refractivity contribution in [1.82, 2.24) is 10.6 Å². The highest BCUT2D eigenvalue weighted by atomic mass is 16.2. The molecule has 0 saturated heterocycles. The third-order valence-corrected chi connectivity index (χ3v) is 4.76. The van der Waals surface area contributed by atoms with Crippen molar-refractivity contribution in [3.8, 4) is 0 Å². The standard InChI is InChI=1S/C17H24N2O/c1-13-5-4-6-14(11-13)17(9-10-17)12-18-16(20)19-15-7-2-3-8-15/h4-6,11,15H,2-3,7-10,12H2,1H3,(H2,18,19,20). The predicted molar refractivity (Wildman–Crippen MR) is 80.9 cm³/mol. The maximum absolute atomic E-state index is 11.9. The summed E-state index contributed by atoms with van der Waals surface area (Å²) in [6.45, 7) is 2.88. The molecule has 3 nitrogen and oxygen atoms in total. The van der Waals surface area contributed by atoms with E-state index in [9.17, 15) is 4.79 Å². The Bertz CT molecular complexity index is 488. The number of rotatable bonds is 4. The summed E-state index contributed by atoms with van der Waals surface area (Å²) in [5.74, 6) is 0. The van der Waals surface area contributed by atoms with Crippen molar-refractivity contribution in [3.05, 3.63) is 35.4 Å². The molecular weight excluding hydrogens is 248 g/mol. The summed E-state index contributed by atoms with van der Waals surface area (Å²) in [6, 6.07) is 9.09. The molecule has 0 heterocycles. The van der Waals surface area contributed by atoms with Crippen LogP contribution in [0.1, 0.15) is 49.7 Å². The van der Waals surface area contributed by atoms with E-state index in [1.807, 2.05) is 0 Å². The molecule has 0 unspecified atom stereocenters. The minimum Gasteiger partial charge on any atom is -0.337 e. The average molecular weight is 272 g/mol. The van der Waals surface area contributed by atoms with Gasteiger partial charge in [-0.2, -0.15) is 0 Å². The third kappa shape index (κ3) is 2.97. The Morgan fingerprint density at radius 3 is 2.70 bits per heavy atom. The minimum absolute atomic E-state index is 0.0100. The van der Waals surface area contributed by atoms with Crippen LogP contribution in [-0.2, 0) is 5.41 Å². The highest BCUT2D eigenvalue weighted by Crippen LogP contribution is 2.47. The first-order valence-corrected chi connectivity index (χ1v) is 7.79. The van der Waals surface area contributed by atoms with Crippen LogP contribution in [0.2, 0.25) is 0 Å². The van der Waals surface area contributed by atoms with Crippen molar-refractivity contribution in [2.45, 2.75) is 56.9 Å². The van der Waals surface area contributed by atoms with E-state index in [2.05, 4.69) is 41.8 Å².